The van der Waals surface area contributed by atoms with Crippen molar-refractivity contribution in [3.8, 4) is 0 Å². The van der Waals surface area contributed by atoms with Gasteiger partial charge < -0.3 is 0 Å². The number of Topliss-reactive ketones (excluding diaryl/α,β-unsaturated/α-hetero) is 1. The summed E-state index contributed by atoms with van der Waals surface area (Å²) in [4.78, 5) is 11.8. The molecule has 0 aliphatic heterocycles. The summed E-state index contributed by atoms with van der Waals surface area (Å²) < 4.78 is 27.7. The first-order chi connectivity index (χ1) is 11.2. The zero-order chi connectivity index (χ0) is 16.8. The summed E-state index contributed by atoms with van der Waals surface area (Å²) in [7, 11) is 0. The van der Waals surface area contributed by atoms with Crippen molar-refractivity contribution in [2.75, 3.05) is 0 Å². The molecule has 2 aliphatic carbocycles. The minimum atomic E-state index is -0.791. The Labute approximate surface area is 137 Å². The largest absolute Gasteiger partial charge is 0.300 e. The van der Waals surface area contributed by atoms with Gasteiger partial charge in [-0.3, -0.25) is 4.79 Å². The Hall–Kier alpha value is -1.77. The number of ketones is 1. The van der Waals surface area contributed by atoms with Crippen molar-refractivity contribution in [3.63, 3.8) is 0 Å². The highest BCUT2D eigenvalue weighted by Crippen LogP contribution is 2.44. The number of rotatable bonds is 2. The van der Waals surface area contributed by atoms with Crippen LogP contribution in [-0.4, -0.2) is 5.78 Å². The van der Waals surface area contributed by atoms with Gasteiger partial charge in [0.2, 0.25) is 0 Å². The quantitative estimate of drug-likeness (QED) is 0.637. The molecule has 23 heavy (non-hydrogen) atoms. The van der Waals surface area contributed by atoms with Crippen LogP contribution < -0.4 is 0 Å². The van der Waals surface area contributed by atoms with Crippen LogP contribution in [0.3, 0.4) is 0 Å². The van der Waals surface area contributed by atoms with Crippen molar-refractivity contribution < 1.29 is 13.6 Å². The van der Waals surface area contributed by atoms with Crippen molar-refractivity contribution in [3.05, 3.63) is 60.2 Å². The lowest BCUT2D eigenvalue weighted by atomic mass is 9.69. The van der Waals surface area contributed by atoms with Crippen molar-refractivity contribution in [2.45, 2.75) is 50.9 Å². The summed E-state index contributed by atoms with van der Waals surface area (Å²) in [6.07, 6.45) is 8.15. The van der Waals surface area contributed by atoms with Crippen molar-refractivity contribution in [1.29, 1.82) is 0 Å². The van der Waals surface area contributed by atoms with Crippen LogP contribution in [-0.2, 0) is 4.79 Å². The Bertz CT molecular complexity index is 591. The number of carbonyl (C=O) groups excluding carboxylic acids is 1. The van der Waals surface area contributed by atoms with Gasteiger partial charge in [-0.05, 0) is 55.6 Å². The molecule has 1 aromatic rings. The van der Waals surface area contributed by atoms with E-state index >= 15 is 0 Å². The minimum absolute atomic E-state index is 0.0582. The van der Waals surface area contributed by atoms with Crippen LogP contribution in [0.15, 0.2) is 43.0 Å². The van der Waals surface area contributed by atoms with E-state index in [1.165, 1.54) is 12.0 Å². The highest BCUT2D eigenvalue weighted by atomic mass is 19.2. The first-order valence-electron chi connectivity index (χ1n) is 8.31. The lowest BCUT2D eigenvalue weighted by molar-refractivity contribution is -0.121. The molecule has 0 N–H and O–H groups in total. The Kier molecular flexibility index (Phi) is 6.26. The van der Waals surface area contributed by atoms with Gasteiger partial charge in [0.05, 0.1) is 0 Å². The van der Waals surface area contributed by atoms with Gasteiger partial charge in [-0.1, -0.05) is 23.8 Å². The number of allylic oxidation sites excluding steroid dienone is 2. The lowest BCUT2D eigenvalue weighted by Gasteiger charge is -2.34. The van der Waals surface area contributed by atoms with Gasteiger partial charge in [0.15, 0.2) is 11.6 Å². The third-order valence-corrected chi connectivity index (χ3v) is 4.85. The van der Waals surface area contributed by atoms with E-state index in [9.17, 15) is 13.6 Å². The molecule has 0 amide bonds. The second-order valence-electron chi connectivity index (χ2n) is 6.16. The van der Waals surface area contributed by atoms with Crippen LogP contribution in [0.25, 0.3) is 0 Å². The third-order valence-electron chi connectivity index (χ3n) is 4.85. The van der Waals surface area contributed by atoms with Gasteiger partial charge in [0.1, 0.15) is 5.78 Å². The summed E-state index contributed by atoms with van der Waals surface area (Å²) in [5, 5.41) is 0. The first-order valence-corrected chi connectivity index (χ1v) is 8.31. The zero-order valence-electron chi connectivity index (χ0n) is 13.5. The predicted octanol–water partition coefficient (Wildman–Crippen LogP) is 5.72. The van der Waals surface area contributed by atoms with E-state index < -0.39 is 11.6 Å². The Morgan fingerprint density at radius 3 is 2.52 bits per heavy atom. The van der Waals surface area contributed by atoms with E-state index in [2.05, 4.69) is 19.2 Å². The molecule has 1 aromatic carbocycles. The standard InChI is InChI=1S/C18H20F2O.C2H4/c19-17-8-4-7-15(18(17)20)14-10-9-13(21)11-16(14)12-5-2-1-3-6-12;1-2/h4-5,7-8,14,16H,1-3,6,9-11H2;1-2H2. The monoisotopic (exact) mass is 318 g/mol. The average molecular weight is 318 g/mol. The molecule has 0 radical (unpaired) electrons. The molecular weight excluding hydrogens is 294 g/mol. The molecule has 1 saturated carbocycles. The molecule has 124 valence electrons. The molecule has 0 saturated heterocycles. The van der Waals surface area contributed by atoms with Gasteiger partial charge in [-0.25, -0.2) is 8.78 Å². The third kappa shape index (κ3) is 3.95. The van der Waals surface area contributed by atoms with Crippen LogP contribution >= 0.6 is 0 Å². The maximum absolute atomic E-state index is 14.1. The van der Waals surface area contributed by atoms with Crippen molar-refractivity contribution in [2.24, 2.45) is 5.92 Å². The van der Waals surface area contributed by atoms with Gasteiger partial charge >= 0.3 is 0 Å². The fourth-order valence-corrected chi connectivity index (χ4v) is 3.78. The molecule has 1 nitrogen and oxygen atoms in total. The molecule has 0 heterocycles. The summed E-state index contributed by atoms with van der Waals surface area (Å²) in [6, 6.07) is 4.40. The Morgan fingerprint density at radius 2 is 1.83 bits per heavy atom. The fourth-order valence-electron chi connectivity index (χ4n) is 3.78. The van der Waals surface area contributed by atoms with Crippen molar-refractivity contribution in [1.82, 2.24) is 0 Å². The zero-order valence-corrected chi connectivity index (χ0v) is 13.5. The Morgan fingerprint density at radius 1 is 1.04 bits per heavy atom. The van der Waals surface area contributed by atoms with Gasteiger partial charge in [-0.2, -0.15) is 0 Å². The highest BCUT2D eigenvalue weighted by molar-refractivity contribution is 5.80. The molecule has 0 bridgehead atoms. The number of carbonyl (C=O) groups is 1. The lowest BCUT2D eigenvalue weighted by Crippen LogP contribution is -2.26. The summed E-state index contributed by atoms with van der Waals surface area (Å²) in [6.45, 7) is 6.00. The minimum Gasteiger partial charge on any atom is -0.300 e. The van der Waals surface area contributed by atoms with Crippen LogP contribution in [0.4, 0.5) is 8.78 Å². The number of hydrogen-bond donors (Lipinski definition) is 0. The SMILES string of the molecule is C=C.O=C1CCC(c2cccc(F)c2F)C(C2=CCCCC2)C1. The van der Waals surface area contributed by atoms with E-state index in [0.29, 0.717) is 24.8 Å². The maximum Gasteiger partial charge on any atom is 0.162 e. The highest BCUT2D eigenvalue weighted by Gasteiger charge is 2.34. The molecule has 2 unspecified atom stereocenters. The molecule has 3 rings (SSSR count). The summed E-state index contributed by atoms with van der Waals surface area (Å²) in [5.41, 5.74) is 1.72. The smallest absolute Gasteiger partial charge is 0.162 e. The number of halogens is 2. The van der Waals surface area contributed by atoms with E-state index in [-0.39, 0.29) is 17.6 Å². The van der Waals surface area contributed by atoms with Crippen LogP contribution in [0, 0.1) is 17.6 Å². The molecule has 1 fully saturated rings. The summed E-state index contributed by atoms with van der Waals surface area (Å²) in [5.74, 6) is -1.29. The average Bonchev–Trinajstić information content (AvgIpc) is 2.60. The topological polar surface area (TPSA) is 17.1 Å². The molecule has 2 aliphatic rings. The Balaban J connectivity index is 0.000000924. The van der Waals surface area contributed by atoms with Crippen LogP contribution in [0.5, 0.6) is 0 Å². The summed E-state index contributed by atoms with van der Waals surface area (Å²) >= 11 is 0. The van der Waals surface area contributed by atoms with Crippen molar-refractivity contribution >= 4 is 5.78 Å². The first kappa shape index (κ1) is 17.6. The molecule has 3 heteroatoms. The van der Waals surface area contributed by atoms with Crippen LogP contribution in [0.2, 0.25) is 0 Å². The van der Waals surface area contributed by atoms with E-state index in [0.717, 1.165) is 25.3 Å². The fraction of sp³-hybridized carbons (Fsp3) is 0.450. The normalized spacial score (nSPS) is 24.4. The molecule has 0 spiro atoms. The number of hydrogen-bond acceptors (Lipinski definition) is 1. The van der Waals surface area contributed by atoms with E-state index in [4.69, 9.17) is 0 Å². The second-order valence-corrected chi connectivity index (χ2v) is 6.16. The van der Waals surface area contributed by atoms with Crippen LogP contribution in [0.1, 0.15) is 56.4 Å². The molecule has 0 aromatic heterocycles. The molecular formula is C20H24F2O. The predicted molar refractivity (Wildman–Crippen MR) is 89.3 cm³/mol. The van der Waals surface area contributed by atoms with Gasteiger partial charge in [0, 0.05) is 12.8 Å². The van der Waals surface area contributed by atoms with Gasteiger partial charge in [-0.15, -0.1) is 13.2 Å². The second kappa shape index (κ2) is 8.19. The van der Waals surface area contributed by atoms with Gasteiger partial charge in [0.25, 0.3) is 0 Å². The molecule has 2 atom stereocenters. The maximum atomic E-state index is 14.1. The number of benzene rings is 1. The van der Waals surface area contributed by atoms with E-state index in [1.807, 2.05) is 0 Å². The van der Waals surface area contributed by atoms with E-state index in [1.54, 1.807) is 12.1 Å².